The SMILES string of the molecule is CCC/C=C(\O)CN1CCOCC1. The molecule has 0 atom stereocenters. The summed E-state index contributed by atoms with van der Waals surface area (Å²) in [6.45, 7) is 6.25. The molecule has 0 aromatic rings. The number of rotatable bonds is 4. The van der Waals surface area contributed by atoms with Crippen molar-refractivity contribution in [1.82, 2.24) is 4.90 Å². The Labute approximate surface area is 80.0 Å². The summed E-state index contributed by atoms with van der Waals surface area (Å²) < 4.78 is 5.22. The molecule has 1 aliphatic heterocycles. The van der Waals surface area contributed by atoms with Gasteiger partial charge in [-0.2, -0.15) is 0 Å². The zero-order chi connectivity index (χ0) is 9.52. The maximum absolute atomic E-state index is 9.51. The number of aliphatic hydroxyl groups is 1. The van der Waals surface area contributed by atoms with E-state index in [1.54, 1.807) is 0 Å². The molecule has 1 fully saturated rings. The highest BCUT2D eigenvalue weighted by Gasteiger charge is 2.10. The van der Waals surface area contributed by atoms with Crippen LogP contribution in [-0.4, -0.2) is 42.9 Å². The van der Waals surface area contributed by atoms with E-state index in [1.807, 2.05) is 6.08 Å². The first-order chi connectivity index (χ1) is 6.33. The summed E-state index contributed by atoms with van der Waals surface area (Å²) in [5, 5.41) is 9.51. The second-order valence-electron chi connectivity index (χ2n) is 3.37. The number of aliphatic hydroxyl groups excluding tert-OH is 1. The summed E-state index contributed by atoms with van der Waals surface area (Å²) in [6, 6.07) is 0. The number of allylic oxidation sites excluding steroid dienone is 1. The molecular weight excluding hydrogens is 166 g/mol. The Balaban J connectivity index is 2.21. The normalized spacial score (nSPS) is 20.5. The molecule has 0 saturated carbocycles. The van der Waals surface area contributed by atoms with Crippen LogP contribution < -0.4 is 0 Å². The average molecular weight is 185 g/mol. The third kappa shape index (κ3) is 4.29. The second kappa shape index (κ2) is 6.00. The molecule has 0 spiro atoms. The molecule has 3 heteroatoms. The van der Waals surface area contributed by atoms with E-state index in [1.165, 1.54) is 0 Å². The zero-order valence-corrected chi connectivity index (χ0v) is 8.33. The molecule has 0 bridgehead atoms. The molecule has 0 radical (unpaired) electrons. The van der Waals surface area contributed by atoms with Crippen molar-refractivity contribution in [3.8, 4) is 0 Å². The molecule has 0 aliphatic carbocycles. The molecule has 0 aromatic heterocycles. The van der Waals surface area contributed by atoms with Gasteiger partial charge in [0.1, 0.15) is 5.76 Å². The highest BCUT2D eigenvalue weighted by Crippen LogP contribution is 2.02. The van der Waals surface area contributed by atoms with Crippen LogP contribution in [0.4, 0.5) is 0 Å². The van der Waals surface area contributed by atoms with Gasteiger partial charge < -0.3 is 9.84 Å². The number of hydrogen-bond acceptors (Lipinski definition) is 3. The van der Waals surface area contributed by atoms with Crippen LogP contribution in [0, 0.1) is 0 Å². The molecular formula is C10H19NO2. The van der Waals surface area contributed by atoms with E-state index in [0.717, 1.165) is 39.1 Å². The van der Waals surface area contributed by atoms with Gasteiger partial charge in [0.2, 0.25) is 0 Å². The second-order valence-corrected chi connectivity index (χ2v) is 3.37. The minimum absolute atomic E-state index is 0.503. The van der Waals surface area contributed by atoms with Gasteiger partial charge in [0.05, 0.1) is 19.8 Å². The van der Waals surface area contributed by atoms with Crippen LogP contribution in [-0.2, 0) is 4.74 Å². The van der Waals surface area contributed by atoms with Crippen molar-refractivity contribution >= 4 is 0 Å². The largest absolute Gasteiger partial charge is 0.511 e. The van der Waals surface area contributed by atoms with Gasteiger partial charge in [-0.1, -0.05) is 13.3 Å². The van der Waals surface area contributed by atoms with Gasteiger partial charge in [0.25, 0.3) is 0 Å². The minimum Gasteiger partial charge on any atom is -0.511 e. The molecule has 0 aromatic carbocycles. The van der Waals surface area contributed by atoms with Crippen molar-refractivity contribution in [2.45, 2.75) is 19.8 Å². The van der Waals surface area contributed by atoms with Crippen LogP contribution in [0.1, 0.15) is 19.8 Å². The van der Waals surface area contributed by atoms with Crippen molar-refractivity contribution in [1.29, 1.82) is 0 Å². The number of hydrogen-bond donors (Lipinski definition) is 1. The molecule has 1 aliphatic rings. The van der Waals surface area contributed by atoms with Gasteiger partial charge in [-0.05, 0) is 12.5 Å². The van der Waals surface area contributed by atoms with Gasteiger partial charge in [-0.15, -0.1) is 0 Å². The Hall–Kier alpha value is -0.540. The van der Waals surface area contributed by atoms with Crippen LogP contribution in [0.3, 0.4) is 0 Å². The topological polar surface area (TPSA) is 32.7 Å². The van der Waals surface area contributed by atoms with E-state index in [4.69, 9.17) is 4.74 Å². The molecule has 76 valence electrons. The van der Waals surface area contributed by atoms with Gasteiger partial charge in [0, 0.05) is 13.1 Å². The van der Waals surface area contributed by atoms with Crippen LogP contribution in [0.2, 0.25) is 0 Å². The van der Waals surface area contributed by atoms with Crippen LogP contribution in [0.5, 0.6) is 0 Å². The molecule has 3 nitrogen and oxygen atoms in total. The summed E-state index contributed by atoms with van der Waals surface area (Å²) in [7, 11) is 0. The lowest BCUT2D eigenvalue weighted by Gasteiger charge is -2.26. The van der Waals surface area contributed by atoms with Crippen LogP contribution in [0.15, 0.2) is 11.8 Å². The fourth-order valence-corrected chi connectivity index (χ4v) is 1.36. The fourth-order valence-electron chi connectivity index (χ4n) is 1.36. The molecule has 13 heavy (non-hydrogen) atoms. The average Bonchev–Trinajstić information content (AvgIpc) is 2.16. The van der Waals surface area contributed by atoms with E-state index in [2.05, 4.69) is 11.8 Å². The molecule has 1 heterocycles. The van der Waals surface area contributed by atoms with E-state index in [0.29, 0.717) is 12.3 Å². The highest BCUT2D eigenvalue weighted by atomic mass is 16.5. The fraction of sp³-hybridized carbons (Fsp3) is 0.800. The third-order valence-electron chi connectivity index (χ3n) is 2.16. The molecule has 1 rings (SSSR count). The number of morpholine rings is 1. The van der Waals surface area contributed by atoms with E-state index >= 15 is 0 Å². The predicted molar refractivity (Wildman–Crippen MR) is 52.9 cm³/mol. The number of ether oxygens (including phenoxy) is 1. The highest BCUT2D eigenvalue weighted by molar-refractivity contribution is 4.93. The zero-order valence-electron chi connectivity index (χ0n) is 8.33. The quantitative estimate of drug-likeness (QED) is 0.675. The van der Waals surface area contributed by atoms with E-state index in [-0.39, 0.29) is 0 Å². The molecule has 1 N–H and O–H groups in total. The summed E-state index contributed by atoms with van der Waals surface area (Å²) in [5.41, 5.74) is 0. The Bertz CT molecular complexity index is 162. The first-order valence-corrected chi connectivity index (χ1v) is 5.01. The van der Waals surface area contributed by atoms with E-state index in [9.17, 15) is 5.11 Å². The number of nitrogens with zero attached hydrogens (tertiary/aromatic N) is 1. The standard InChI is InChI=1S/C10H19NO2/c1-2-3-4-10(12)9-11-5-7-13-8-6-11/h4,12H,2-3,5-9H2,1H3/b10-4-. The van der Waals surface area contributed by atoms with Gasteiger partial charge >= 0.3 is 0 Å². The Kier molecular flexibility index (Phi) is 4.86. The van der Waals surface area contributed by atoms with Crippen molar-refractivity contribution in [2.75, 3.05) is 32.8 Å². The Morgan fingerprint density at radius 1 is 1.46 bits per heavy atom. The Morgan fingerprint density at radius 2 is 2.15 bits per heavy atom. The lowest BCUT2D eigenvalue weighted by Crippen LogP contribution is -2.37. The first-order valence-electron chi connectivity index (χ1n) is 5.01. The molecule has 0 amide bonds. The van der Waals surface area contributed by atoms with Crippen molar-refractivity contribution in [3.05, 3.63) is 11.8 Å². The van der Waals surface area contributed by atoms with Gasteiger partial charge in [-0.3, -0.25) is 4.90 Å². The minimum atomic E-state index is 0.503. The maximum Gasteiger partial charge on any atom is 0.102 e. The van der Waals surface area contributed by atoms with Crippen LogP contribution >= 0.6 is 0 Å². The first kappa shape index (κ1) is 10.5. The monoisotopic (exact) mass is 185 g/mol. The Morgan fingerprint density at radius 3 is 2.77 bits per heavy atom. The van der Waals surface area contributed by atoms with E-state index < -0.39 is 0 Å². The maximum atomic E-state index is 9.51. The summed E-state index contributed by atoms with van der Waals surface area (Å²) in [5.74, 6) is 0.503. The van der Waals surface area contributed by atoms with Crippen LogP contribution in [0.25, 0.3) is 0 Å². The summed E-state index contributed by atoms with van der Waals surface area (Å²) >= 11 is 0. The van der Waals surface area contributed by atoms with Crippen molar-refractivity contribution in [2.24, 2.45) is 0 Å². The molecule has 0 unspecified atom stereocenters. The lowest BCUT2D eigenvalue weighted by atomic mass is 10.3. The van der Waals surface area contributed by atoms with Gasteiger partial charge in [-0.25, -0.2) is 0 Å². The van der Waals surface area contributed by atoms with Crippen molar-refractivity contribution in [3.63, 3.8) is 0 Å². The van der Waals surface area contributed by atoms with Gasteiger partial charge in [0.15, 0.2) is 0 Å². The third-order valence-corrected chi connectivity index (χ3v) is 2.16. The predicted octanol–water partition coefficient (Wildman–Crippen LogP) is 1.56. The summed E-state index contributed by atoms with van der Waals surface area (Å²) in [4.78, 5) is 2.21. The smallest absolute Gasteiger partial charge is 0.102 e. The van der Waals surface area contributed by atoms with Crippen molar-refractivity contribution < 1.29 is 9.84 Å². The lowest BCUT2D eigenvalue weighted by molar-refractivity contribution is 0.0378. The number of unbranched alkanes of at least 4 members (excludes halogenated alkanes) is 1. The summed E-state index contributed by atoms with van der Waals surface area (Å²) in [6.07, 6.45) is 3.97. The molecule has 1 saturated heterocycles.